The predicted octanol–water partition coefficient (Wildman–Crippen LogP) is 3.95. The van der Waals surface area contributed by atoms with Crippen LogP contribution >= 0.6 is 11.8 Å². The highest BCUT2D eigenvalue weighted by Crippen LogP contribution is 2.35. The molecular formula is C18H17N3O2S. The van der Waals surface area contributed by atoms with E-state index in [1.807, 2.05) is 43.0 Å². The molecule has 1 aromatic carbocycles. The van der Waals surface area contributed by atoms with E-state index in [0.717, 1.165) is 17.9 Å². The molecule has 0 spiro atoms. The molecule has 6 heteroatoms. The van der Waals surface area contributed by atoms with Crippen molar-refractivity contribution in [3.8, 4) is 11.5 Å². The molecule has 0 radical (unpaired) electrons. The fraction of sp³-hybridized carbons (Fsp3) is 0.222. The lowest BCUT2D eigenvalue weighted by molar-refractivity contribution is 0.0930. The smallest absolute Gasteiger partial charge is 0.272 e. The second-order valence-corrected chi connectivity index (χ2v) is 6.91. The molecule has 122 valence electrons. The number of carbonyl (C=O) groups excluding carboxylic acids is 1. The Labute approximate surface area is 143 Å². The second kappa shape index (κ2) is 6.20. The number of rotatable bonds is 3. The van der Waals surface area contributed by atoms with E-state index >= 15 is 0 Å². The summed E-state index contributed by atoms with van der Waals surface area (Å²) < 4.78 is 5.55. The monoisotopic (exact) mass is 339 g/mol. The lowest BCUT2D eigenvalue weighted by atomic mass is 10.0. The Kier molecular flexibility index (Phi) is 3.90. The van der Waals surface area contributed by atoms with Gasteiger partial charge in [-0.15, -0.1) is 11.8 Å². The van der Waals surface area contributed by atoms with Gasteiger partial charge in [-0.05, 0) is 37.1 Å². The van der Waals surface area contributed by atoms with Crippen molar-refractivity contribution in [3.63, 3.8) is 0 Å². The number of nitrogens with one attached hydrogen (secondary N) is 2. The first-order valence-corrected chi connectivity index (χ1v) is 8.84. The summed E-state index contributed by atoms with van der Waals surface area (Å²) in [6.45, 7) is 1.88. The molecule has 0 saturated heterocycles. The number of amides is 1. The van der Waals surface area contributed by atoms with E-state index in [-0.39, 0.29) is 11.9 Å². The zero-order valence-electron chi connectivity index (χ0n) is 13.2. The summed E-state index contributed by atoms with van der Waals surface area (Å²) in [5.74, 6) is 2.33. The van der Waals surface area contributed by atoms with Gasteiger partial charge in [0.15, 0.2) is 11.5 Å². The maximum absolute atomic E-state index is 12.5. The standard InChI is InChI=1S/C18H17N3O2S/c1-11-6-7-16(23-11)14-10-15(21-20-14)18(22)19-13-8-9-24-17-5-3-2-4-12(13)17/h2-7,10,13H,8-9H2,1H3,(H,19,22)(H,20,21). The van der Waals surface area contributed by atoms with Crippen molar-refractivity contribution in [2.24, 2.45) is 0 Å². The molecular weight excluding hydrogens is 322 g/mol. The summed E-state index contributed by atoms with van der Waals surface area (Å²) in [7, 11) is 0. The van der Waals surface area contributed by atoms with Crippen LogP contribution in [0, 0.1) is 6.92 Å². The molecule has 1 aliphatic rings. The largest absolute Gasteiger partial charge is 0.460 e. The van der Waals surface area contributed by atoms with E-state index in [1.165, 1.54) is 10.5 Å². The zero-order chi connectivity index (χ0) is 16.5. The zero-order valence-corrected chi connectivity index (χ0v) is 14.0. The molecule has 4 rings (SSSR count). The molecule has 3 heterocycles. The summed E-state index contributed by atoms with van der Waals surface area (Å²) in [6, 6.07) is 13.7. The normalized spacial score (nSPS) is 16.6. The van der Waals surface area contributed by atoms with Gasteiger partial charge in [0.1, 0.15) is 11.5 Å². The Morgan fingerprint density at radius 1 is 1.33 bits per heavy atom. The van der Waals surface area contributed by atoms with E-state index in [1.54, 1.807) is 6.07 Å². The third-order valence-corrected chi connectivity index (χ3v) is 5.20. The summed E-state index contributed by atoms with van der Waals surface area (Å²) in [5, 5.41) is 10.1. The van der Waals surface area contributed by atoms with Crippen molar-refractivity contribution < 1.29 is 9.21 Å². The number of benzene rings is 1. The van der Waals surface area contributed by atoms with E-state index in [2.05, 4.69) is 27.6 Å². The number of hydrogen-bond acceptors (Lipinski definition) is 4. The first-order valence-electron chi connectivity index (χ1n) is 7.85. The number of carbonyl (C=O) groups is 1. The number of thioether (sulfide) groups is 1. The molecule has 1 aliphatic heterocycles. The first-order chi connectivity index (χ1) is 11.7. The molecule has 1 atom stereocenters. The van der Waals surface area contributed by atoms with Crippen LogP contribution in [0.4, 0.5) is 0 Å². The van der Waals surface area contributed by atoms with E-state index in [9.17, 15) is 4.79 Å². The molecule has 1 unspecified atom stereocenters. The summed E-state index contributed by atoms with van der Waals surface area (Å²) in [5.41, 5.74) is 2.25. The maximum atomic E-state index is 12.5. The van der Waals surface area contributed by atoms with Gasteiger partial charge in [-0.1, -0.05) is 18.2 Å². The Bertz CT molecular complexity index is 884. The Hall–Kier alpha value is -2.47. The van der Waals surface area contributed by atoms with Crippen molar-refractivity contribution >= 4 is 17.7 Å². The fourth-order valence-corrected chi connectivity index (χ4v) is 3.99. The van der Waals surface area contributed by atoms with E-state index < -0.39 is 0 Å². The summed E-state index contributed by atoms with van der Waals surface area (Å²) >= 11 is 1.83. The van der Waals surface area contributed by atoms with Crippen LogP contribution in [0.3, 0.4) is 0 Å². The minimum atomic E-state index is -0.174. The van der Waals surface area contributed by atoms with Crippen molar-refractivity contribution in [1.82, 2.24) is 15.5 Å². The molecule has 0 bridgehead atoms. The van der Waals surface area contributed by atoms with Crippen LogP contribution in [0.2, 0.25) is 0 Å². The quantitative estimate of drug-likeness (QED) is 0.758. The summed E-state index contributed by atoms with van der Waals surface area (Å²) in [4.78, 5) is 13.8. The van der Waals surface area contributed by atoms with Crippen molar-refractivity contribution in [2.75, 3.05) is 5.75 Å². The second-order valence-electron chi connectivity index (χ2n) is 5.78. The molecule has 0 saturated carbocycles. The Balaban J connectivity index is 1.52. The van der Waals surface area contributed by atoms with Crippen molar-refractivity contribution in [3.05, 3.63) is 59.5 Å². The number of fused-ring (bicyclic) bond motifs is 1. The third-order valence-electron chi connectivity index (χ3n) is 4.08. The van der Waals surface area contributed by atoms with Crippen molar-refractivity contribution in [2.45, 2.75) is 24.3 Å². The summed E-state index contributed by atoms with van der Waals surface area (Å²) in [6.07, 6.45) is 0.919. The highest BCUT2D eigenvalue weighted by molar-refractivity contribution is 7.99. The topological polar surface area (TPSA) is 70.9 Å². The van der Waals surface area contributed by atoms with E-state index in [4.69, 9.17) is 4.42 Å². The van der Waals surface area contributed by atoms with Crippen LogP contribution in [0.1, 0.15) is 34.3 Å². The maximum Gasteiger partial charge on any atom is 0.272 e. The average molecular weight is 339 g/mol. The van der Waals surface area contributed by atoms with Crippen LogP contribution in [-0.2, 0) is 0 Å². The van der Waals surface area contributed by atoms with Gasteiger partial charge in [0, 0.05) is 16.7 Å². The lowest BCUT2D eigenvalue weighted by Crippen LogP contribution is -2.30. The molecule has 1 amide bonds. The predicted molar refractivity (Wildman–Crippen MR) is 93.0 cm³/mol. The van der Waals surface area contributed by atoms with Crippen LogP contribution in [0.5, 0.6) is 0 Å². The SMILES string of the molecule is Cc1ccc(-c2cc(C(=O)NC3CCSc4ccccc43)n[nH]2)o1. The van der Waals surface area contributed by atoms with Gasteiger partial charge in [0.05, 0.1) is 6.04 Å². The minimum Gasteiger partial charge on any atom is -0.460 e. The number of aromatic nitrogens is 2. The molecule has 24 heavy (non-hydrogen) atoms. The van der Waals surface area contributed by atoms with Crippen LogP contribution < -0.4 is 5.32 Å². The molecule has 2 N–H and O–H groups in total. The van der Waals surface area contributed by atoms with Crippen molar-refractivity contribution in [1.29, 1.82) is 0 Å². The third kappa shape index (κ3) is 2.85. The van der Waals surface area contributed by atoms with Crippen LogP contribution in [-0.4, -0.2) is 21.9 Å². The van der Waals surface area contributed by atoms with Gasteiger partial charge in [-0.25, -0.2) is 0 Å². The minimum absolute atomic E-state index is 0.0287. The van der Waals surface area contributed by atoms with E-state index in [0.29, 0.717) is 17.1 Å². The Morgan fingerprint density at radius 2 is 2.21 bits per heavy atom. The van der Waals surface area contributed by atoms with Gasteiger partial charge >= 0.3 is 0 Å². The number of aryl methyl sites for hydroxylation is 1. The number of aromatic amines is 1. The Morgan fingerprint density at radius 3 is 3.04 bits per heavy atom. The van der Waals surface area contributed by atoms with Gasteiger partial charge in [-0.3, -0.25) is 9.89 Å². The van der Waals surface area contributed by atoms with Gasteiger partial charge in [-0.2, -0.15) is 5.10 Å². The van der Waals surface area contributed by atoms with Crippen LogP contribution in [0.15, 0.2) is 51.8 Å². The van der Waals surface area contributed by atoms with Crippen LogP contribution in [0.25, 0.3) is 11.5 Å². The highest BCUT2D eigenvalue weighted by Gasteiger charge is 2.23. The molecule has 0 aliphatic carbocycles. The highest BCUT2D eigenvalue weighted by atomic mass is 32.2. The molecule has 0 fully saturated rings. The number of nitrogens with zero attached hydrogens (tertiary/aromatic N) is 1. The van der Waals surface area contributed by atoms with Gasteiger partial charge in [0.2, 0.25) is 0 Å². The molecule has 5 nitrogen and oxygen atoms in total. The van der Waals surface area contributed by atoms with Gasteiger partial charge < -0.3 is 9.73 Å². The molecule has 2 aromatic heterocycles. The number of furan rings is 1. The number of hydrogen-bond donors (Lipinski definition) is 2. The fourth-order valence-electron chi connectivity index (χ4n) is 2.87. The number of H-pyrrole nitrogens is 1. The lowest BCUT2D eigenvalue weighted by Gasteiger charge is -2.25. The molecule has 3 aromatic rings. The average Bonchev–Trinajstić information content (AvgIpc) is 3.24. The van der Waals surface area contributed by atoms with Gasteiger partial charge in [0.25, 0.3) is 5.91 Å². The first kappa shape index (κ1) is 15.1.